The first-order valence-corrected chi connectivity index (χ1v) is 8.14. The lowest BCUT2D eigenvalue weighted by molar-refractivity contribution is 0.0318. The fraction of sp³-hybridized carbons (Fsp3) is 0.158. The second-order valence-corrected chi connectivity index (χ2v) is 6.24. The number of ether oxygens (including phenoxy) is 1. The normalized spacial score (nSPS) is 12.2. The van der Waals surface area contributed by atoms with Crippen LogP contribution in [-0.2, 0) is 4.74 Å². The van der Waals surface area contributed by atoms with E-state index < -0.39 is 29.5 Å². The van der Waals surface area contributed by atoms with Gasteiger partial charge in [-0.1, -0.05) is 29.8 Å². The number of ketones is 1. The van der Waals surface area contributed by atoms with E-state index in [9.17, 15) is 18.4 Å². The summed E-state index contributed by atoms with van der Waals surface area (Å²) in [4.78, 5) is 28.1. The van der Waals surface area contributed by atoms with Gasteiger partial charge in [0, 0.05) is 22.2 Å². The Bertz CT molecular complexity index is 1030. The average Bonchev–Trinajstić information content (AvgIpc) is 2.92. The van der Waals surface area contributed by atoms with Crippen LogP contribution in [0.15, 0.2) is 36.4 Å². The Morgan fingerprint density at radius 3 is 2.54 bits per heavy atom. The summed E-state index contributed by atoms with van der Waals surface area (Å²) >= 11 is 5.76. The zero-order valence-electron chi connectivity index (χ0n) is 13.9. The van der Waals surface area contributed by atoms with Crippen LogP contribution >= 0.6 is 11.6 Å². The number of halogens is 3. The van der Waals surface area contributed by atoms with Crippen LogP contribution in [0.4, 0.5) is 8.78 Å². The molecular formula is C19H14ClF2NO3. The third-order valence-corrected chi connectivity index (χ3v) is 4.34. The Labute approximate surface area is 152 Å². The van der Waals surface area contributed by atoms with Crippen molar-refractivity contribution < 1.29 is 23.1 Å². The number of para-hydroxylation sites is 1. The number of esters is 1. The number of aryl methyl sites for hydroxylation is 1. The van der Waals surface area contributed by atoms with E-state index in [1.165, 1.54) is 6.92 Å². The molecule has 3 aromatic rings. The van der Waals surface area contributed by atoms with Crippen LogP contribution in [0, 0.1) is 18.6 Å². The van der Waals surface area contributed by atoms with Crippen molar-refractivity contribution in [2.24, 2.45) is 0 Å². The molecular weight excluding hydrogens is 364 g/mol. The Kier molecular flexibility index (Phi) is 4.78. The van der Waals surface area contributed by atoms with Gasteiger partial charge < -0.3 is 9.72 Å². The van der Waals surface area contributed by atoms with Gasteiger partial charge in [-0.05, 0) is 32.0 Å². The third-order valence-electron chi connectivity index (χ3n) is 4.02. The number of H-pyrrole nitrogens is 1. The Morgan fingerprint density at radius 2 is 1.81 bits per heavy atom. The molecule has 0 spiro atoms. The number of benzene rings is 2. The summed E-state index contributed by atoms with van der Waals surface area (Å²) in [6.07, 6.45) is -1.13. The molecule has 0 unspecified atom stereocenters. The molecule has 1 aromatic heterocycles. The fourth-order valence-electron chi connectivity index (χ4n) is 2.75. The van der Waals surface area contributed by atoms with Crippen LogP contribution in [0.2, 0.25) is 5.02 Å². The molecule has 0 fully saturated rings. The van der Waals surface area contributed by atoms with E-state index in [-0.39, 0.29) is 10.6 Å². The minimum atomic E-state index is -1.23. The second-order valence-electron chi connectivity index (χ2n) is 5.83. The number of carbonyl (C=O) groups is 2. The monoisotopic (exact) mass is 377 g/mol. The highest BCUT2D eigenvalue weighted by molar-refractivity contribution is 6.33. The quantitative estimate of drug-likeness (QED) is 0.402. The van der Waals surface area contributed by atoms with Crippen LogP contribution in [0.5, 0.6) is 0 Å². The van der Waals surface area contributed by atoms with Gasteiger partial charge in [-0.2, -0.15) is 0 Å². The maximum absolute atomic E-state index is 13.4. The molecule has 0 saturated heterocycles. The predicted octanol–water partition coefficient (Wildman–Crippen LogP) is 4.84. The molecule has 4 nitrogen and oxygen atoms in total. The van der Waals surface area contributed by atoms with Gasteiger partial charge in [0.25, 0.3) is 0 Å². The van der Waals surface area contributed by atoms with E-state index in [4.69, 9.17) is 16.3 Å². The summed E-state index contributed by atoms with van der Waals surface area (Å²) in [5.41, 5.74) is 1.50. The molecule has 0 aliphatic carbocycles. The number of nitrogens with one attached hydrogen (secondary N) is 1. The van der Waals surface area contributed by atoms with Gasteiger partial charge in [0.05, 0.1) is 10.6 Å². The van der Waals surface area contributed by atoms with E-state index in [0.29, 0.717) is 28.8 Å². The van der Waals surface area contributed by atoms with Crippen LogP contribution in [0.25, 0.3) is 10.9 Å². The van der Waals surface area contributed by atoms with Crippen LogP contribution < -0.4 is 0 Å². The number of aromatic nitrogens is 1. The number of hydrogen-bond acceptors (Lipinski definition) is 3. The molecule has 1 N–H and O–H groups in total. The molecule has 0 aliphatic rings. The van der Waals surface area contributed by atoms with E-state index >= 15 is 0 Å². The molecule has 134 valence electrons. The summed E-state index contributed by atoms with van der Waals surface area (Å²) in [6, 6.07) is 8.58. The maximum atomic E-state index is 13.4. The highest BCUT2D eigenvalue weighted by Crippen LogP contribution is 2.25. The van der Waals surface area contributed by atoms with E-state index in [1.807, 2.05) is 12.1 Å². The number of carbonyl (C=O) groups excluding carboxylic acids is 2. The van der Waals surface area contributed by atoms with Crippen LogP contribution in [0.3, 0.4) is 0 Å². The van der Waals surface area contributed by atoms with Crippen molar-refractivity contribution in [1.82, 2.24) is 4.98 Å². The molecule has 7 heteroatoms. The molecule has 0 amide bonds. The Hall–Kier alpha value is -2.73. The molecule has 0 aliphatic heterocycles. The molecule has 26 heavy (non-hydrogen) atoms. The molecule has 0 bridgehead atoms. The summed E-state index contributed by atoms with van der Waals surface area (Å²) < 4.78 is 31.6. The minimum absolute atomic E-state index is 0.295. The van der Waals surface area contributed by atoms with Gasteiger partial charge in [-0.25, -0.2) is 13.6 Å². The van der Waals surface area contributed by atoms with Gasteiger partial charge in [-0.15, -0.1) is 0 Å². The van der Waals surface area contributed by atoms with Crippen LogP contribution in [-0.4, -0.2) is 22.8 Å². The van der Waals surface area contributed by atoms with Gasteiger partial charge >= 0.3 is 5.97 Å². The van der Waals surface area contributed by atoms with Crippen molar-refractivity contribution in [3.63, 3.8) is 0 Å². The standard InChI is InChI=1S/C19H14ClF2NO3/c1-9-17(11-5-3-4-6-16(11)23-9)18(24)10(2)26-19(25)12-7-14(21)15(22)8-13(12)20/h3-8,10,23H,1-2H3/t10-/m1/s1. The van der Waals surface area contributed by atoms with Crippen molar-refractivity contribution in [3.8, 4) is 0 Å². The molecule has 2 aromatic carbocycles. The van der Waals surface area contributed by atoms with Gasteiger partial charge in [0.2, 0.25) is 5.78 Å². The number of Topliss-reactive ketones (excluding diaryl/α,β-unsaturated/α-hetero) is 1. The molecule has 0 saturated carbocycles. The first kappa shape index (κ1) is 18.1. The topological polar surface area (TPSA) is 59.2 Å². The highest BCUT2D eigenvalue weighted by Gasteiger charge is 2.26. The van der Waals surface area contributed by atoms with Crippen molar-refractivity contribution in [1.29, 1.82) is 0 Å². The largest absolute Gasteiger partial charge is 0.451 e. The Balaban J connectivity index is 1.86. The number of hydrogen-bond donors (Lipinski definition) is 1. The maximum Gasteiger partial charge on any atom is 0.340 e. The SMILES string of the molecule is Cc1[nH]c2ccccc2c1C(=O)[C@@H](C)OC(=O)c1cc(F)c(F)cc1Cl. The average molecular weight is 378 g/mol. The minimum Gasteiger partial charge on any atom is -0.451 e. The summed E-state index contributed by atoms with van der Waals surface area (Å²) in [5, 5.41) is 0.417. The lowest BCUT2D eigenvalue weighted by Gasteiger charge is -2.13. The van der Waals surface area contributed by atoms with E-state index in [1.54, 1.807) is 19.1 Å². The fourth-order valence-corrected chi connectivity index (χ4v) is 2.98. The molecule has 1 atom stereocenters. The lowest BCUT2D eigenvalue weighted by Crippen LogP contribution is -2.25. The molecule has 0 radical (unpaired) electrons. The second kappa shape index (κ2) is 6.88. The van der Waals surface area contributed by atoms with E-state index in [0.717, 1.165) is 5.52 Å². The Morgan fingerprint density at radius 1 is 1.15 bits per heavy atom. The van der Waals surface area contributed by atoms with Crippen molar-refractivity contribution in [3.05, 3.63) is 69.9 Å². The zero-order valence-corrected chi connectivity index (χ0v) is 14.7. The van der Waals surface area contributed by atoms with Gasteiger partial charge in [0.15, 0.2) is 17.7 Å². The predicted molar refractivity (Wildman–Crippen MR) is 93.6 cm³/mol. The smallest absolute Gasteiger partial charge is 0.340 e. The first-order chi connectivity index (χ1) is 12.3. The molecule has 3 rings (SSSR count). The third kappa shape index (κ3) is 3.20. The summed E-state index contributed by atoms with van der Waals surface area (Å²) in [5.74, 6) is -3.82. The van der Waals surface area contributed by atoms with Crippen molar-refractivity contribution >= 4 is 34.3 Å². The summed E-state index contributed by atoms with van der Waals surface area (Å²) in [6.45, 7) is 3.16. The van der Waals surface area contributed by atoms with Crippen molar-refractivity contribution in [2.45, 2.75) is 20.0 Å². The summed E-state index contributed by atoms with van der Waals surface area (Å²) in [7, 11) is 0. The van der Waals surface area contributed by atoms with Crippen molar-refractivity contribution in [2.75, 3.05) is 0 Å². The highest BCUT2D eigenvalue weighted by atomic mass is 35.5. The van der Waals surface area contributed by atoms with E-state index in [2.05, 4.69) is 4.98 Å². The molecule has 1 heterocycles. The zero-order chi connectivity index (χ0) is 19.0. The lowest BCUT2D eigenvalue weighted by atomic mass is 10.0. The van der Waals surface area contributed by atoms with Gasteiger partial charge in [0.1, 0.15) is 0 Å². The van der Waals surface area contributed by atoms with Gasteiger partial charge in [-0.3, -0.25) is 4.79 Å². The first-order valence-electron chi connectivity index (χ1n) is 7.76. The number of rotatable bonds is 4. The number of fused-ring (bicyclic) bond motifs is 1. The number of aromatic amines is 1. The van der Waals surface area contributed by atoms with Crippen LogP contribution in [0.1, 0.15) is 33.3 Å².